The number of piperazine rings is 1. The summed E-state index contributed by atoms with van der Waals surface area (Å²) in [5, 5.41) is 5.48. The van der Waals surface area contributed by atoms with Crippen LogP contribution in [0.25, 0.3) is 0 Å². The van der Waals surface area contributed by atoms with Gasteiger partial charge in [-0.15, -0.1) is 0 Å². The fraction of sp³-hybridized carbons (Fsp3) is 0.545. The number of ether oxygens (including phenoxy) is 2. The quantitative estimate of drug-likeness (QED) is 0.396. The zero-order chi connectivity index (χ0) is 23.8. The van der Waals surface area contributed by atoms with Crippen molar-refractivity contribution in [2.75, 3.05) is 19.7 Å². The topological polar surface area (TPSA) is 97.0 Å². The maximum Gasteiger partial charge on any atom is 0.308 e. The fourth-order valence-corrected chi connectivity index (χ4v) is 3.74. The summed E-state index contributed by atoms with van der Waals surface area (Å²) in [7, 11) is 0. The van der Waals surface area contributed by atoms with E-state index in [0.29, 0.717) is 47.8 Å². The highest BCUT2D eigenvalue weighted by Gasteiger charge is 2.34. The summed E-state index contributed by atoms with van der Waals surface area (Å²) >= 11 is 8.82. The number of thiocarbonyl (C=S) groups is 1. The SMILES string of the molecule is CCC(C)OC(=O)CC1C(=O)NCCN1C(=S)NC(=O)c1ccc(OCC(C)C)c(Br)c1. The maximum absolute atomic E-state index is 12.7. The number of nitrogens with zero attached hydrogens (tertiary/aromatic N) is 1. The molecule has 1 aliphatic heterocycles. The average Bonchev–Trinajstić information content (AvgIpc) is 2.73. The molecule has 1 aromatic carbocycles. The minimum atomic E-state index is -0.841. The molecule has 0 radical (unpaired) electrons. The largest absolute Gasteiger partial charge is 0.492 e. The molecule has 1 fully saturated rings. The number of nitrogens with one attached hydrogen (secondary N) is 2. The van der Waals surface area contributed by atoms with Gasteiger partial charge in [0.1, 0.15) is 11.8 Å². The molecule has 32 heavy (non-hydrogen) atoms. The molecule has 0 aromatic heterocycles. The molecule has 0 spiro atoms. The van der Waals surface area contributed by atoms with Gasteiger partial charge in [-0.1, -0.05) is 20.8 Å². The summed E-state index contributed by atoms with van der Waals surface area (Å²) < 4.78 is 11.7. The fourth-order valence-electron chi connectivity index (χ4n) is 2.93. The first-order chi connectivity index (χ1) is 15.1. The molecule has 176 valence electrons. The molecule has 2 rings (SSSR count). The van der Waals surface area contributed by atoms with E-state index in [2.05, 4.69) is 40.4 Å². The second-order valence-corrected chi connectivity index (χ2v) is 9.26. The third kappa shape index (κ3) is 7.44. The molecular weight excluding hydrogens is 498 g/mol. The lowest BCUT2D eigenvalue weighted by Crippen LogP contribution is -2.60. The normalized spacial score (nSPS) is 16.9. The van der Waals surface area contributed by atoms with Crippen molar-refractivity contribution in [3.05, 3.63) is 28.2 Å². The number of carbonyl (C=O) groups excluding carboxylic acids is 3. The Hall–Kier alpha value is -2.20. The Kier molecular flexibility index (Phi) is 9.89. The average molecular weight is 528 g/mol. The number of halogens is 1. The van der Waals surface area contributed by atoms with Crippen LogP contribution in [0, 0.1) is 5.92 Å². The van der Waals surface area contributed by atoms with Crippen LogP contribution < -0.4 is 15.4 Å². The summed E-state index contributed by atoms with van der Waals surface area (Å²) in [5.41, 5.74) is 0.380. The maximum atomic E-state index is 12.7. The van der Waals surface area contributed by atoms with Gasteiger partial charge in [0, 0.05) is 18.7 Å². The van der Waals surface area contributed by atoms with E-state index in [4.69, 9.17) is 21.7 Å². The van der Waals surface area contributed by atoms with Crippen LogP contribution in [-0.2, 0) is 14.3 Å². The minimum Gasteiger partial charge on any atom is -0.492 e. The van der Waals surface area contributed by atoms with E-state index in [-0.39, 0.29) is 23.5 Å². The van der Waals surface area contributed by atoms with Crippen LogP contribution in [0.15, 0.2) is 22.7 Å². The van der Waals surface area contributed by atoms with Crippen LogP contribution in [0.4, 0.5) is 0 Å². The molecule has 0 aliphatic carbocycles. The Morgan fingerprint density at radius 3 is 2.69 bits per heavy atom. The molecule has 0 bridgehead atoms. The predicted octanol–water partition coefficient (Wildman–Crippen LogP) is 3.03. The van der Waals surface area contributed by atoms with Gasteiger partial charge in [0.15, 0.2) is 5.11 Å². The third-order valence-corrected chi connectivity index (χ3v) is 5.80. The van der Waals surface area contributed by atoms with Gasteiger partial charge in [-0.2, -0.15) is 0 Å². The Balaban J connectivity index is 2.05. The Bertz CT molecular complexity index is 864. The third-order valence-electron chi connectivity index (χ3n) is 4.85. The van der Waals surface area contributed by atoms with Gasteiger partial charge in [0.05, 0.1) is 23.6 Å². The number of hydrogen-bond acceptors (Lipinski definition) is 6. The molecule has 10 heteroatoms. The molecule has 2 unspecified atom stereocenters. The molecule has 8 nitrogen and oxygen atoms in total. The monoisotopic (exact) mass is 527 g/mol. The van der Waals surface area contributed by atoms with Crippen LogP contribution in [0.3, 0.4) is 0 Å². The van der Waals surface area contributed by atoms with Crippen LogP contribution in [0.1, 0.15) is 50.9 Å². The highest BCUT2D eigenvalue weighted by atomic mass is 79.9. The first-order valence-electron chi connectivity index (χ1n) is 10.6. The first-order valence-corrected chi connectivity index (χ1v) is 11.8. The Labute approximate surface area is 202 Å². The lowest BCUT2D eigenvalue weighted by Gasteiger charge is -2.36. The number of hydrogen-bond donors (Lipinski definition) is 2. The standard InChI is InChI=1S/C22H30BrN3O5S/c1-5-14(4)31-19(27)11-17-21(29)24-8-9-26(17)22(32)25-20(28)15-6-7-18(16(23)10-15)30-12-13(2)3/h6-7,10,13-14,17H,5,8-9,11-12H2,1-4H3,(H,24,29)(H,25,28,32). The van der Waals surface area contributed by atoms with Gasteiger partial charge < -0.3 is 19.7 Å². The van der Waals surface area contributed by atoms with Gasteiger partial charge >= 0.3 is 5.97 Å². The summed E-state index contributed by atoms with van der Waals surface area (Å²) in [5.74, 6) is -0.215. The zero-order valence-corrected chi connectivity index (χ0v) is 21.2. The van der Waals surface area contributed by atoms with E-state index in [1.165, 1.54) is 0 Å². The lowest BCUT2D eigenvalue weighted by atomic mass is 10.1. The lowest BCUT2D eigenvalue weighted by molar-refractivity contribution is -0.151. The smallest absolute Gasteiger partial charge is 0.308 e. The van der Waals surface area contributed by atoms with Crippen molar-refractivity contribution in [1.29, 1.82) is 0 Å². The summed E-state index contributed by atoms with van der Waals surface area (Å²) in [6, 6.07) is 4.17. The Morgan fingerprint density at radius 2 is 2.06 bits per heavy atom. The van der Waals surface area contributed by atoms with Crippen LogP contribution in [0.5, 0.6) is 5.75 Å². The number of carbonyl (C=O) groups is 3. The highest BCUT2D eigenvalue weighted by molar-refractivity contribution is 9.10. The number of esters is 1. The van der Waals surface area contributed by atoms with E-state index in [0.717, 1.165) is 0 Å². The minimum absolute atomic E-state index is 0.0856. The van der Waals surface area contributed by atoms with Gasteiger partial charge in [0.2, 0.25) is 5.91 Å². The van der Waals surface area contributed by atoms with Gasteiger partial charge in [0.25, 0.3) is 5.91 Å². The molecule has 1 aromatic rings. The van der Waals surface area contributed by atoms with Gasteiger partial charge in [-0.25, -0.2) is 0 Å². The molecule has 1 heterocycles. The molecule has 2 atom stereocenters. The number of amides is 2. The van der Waals surface area contributed by atoms with Crippen LogP contribution in [-0.4, -0.2) is 59.6 Å². The number of rotatable bonds is 8. The molecule has 2 N–H and O–H groups in total. The molecule has 1 saturated heterocycles. The molecule has 0 saturated carbocycles. The van der Waals surface area contributed by atoms with Crippen molar-refractivity contribution >= 4 is 51.0 Å². The second-order valence-electron chi connectivity index (χ2n) is 8.02. The summed E-state index contributed by atoms with van der Waals surface area (Å²) in [6.45, 7) is 9.09. The van der Waals surface area contributed by atoms with Crippen molar-refractivity contribution in [2.24, 2.45) is 5.92 Å². The molecule has 2 amide bonds. The molecular formula is C22H30BrN3O5S. The number of benzene rings is 1. The van der Waals surface area contributed by atoms with E-state index in [9.17, 15) is 14.4 Å². The second kappa shape index (κ2) is 12.2. The van der Waals surface area contributed by atoms with Crippen molar-refractivity contribution in [1.82, 2.24) is 15.5 Å². The van der Waals surface area contributed by atoms with Crippen molar-refractivity contribution < 1.29 is 23.9 Å². The zero-order valence-electron chi connectivity index (χ0n) is 18.8. The van der Waals surface area contributed by atoms with Crippen molar-refractivity contribution in [3.8, 4) is 5.75 Å². The van der Waals surface area contributed by atoms with Gasteiger partial charge in [-0.3, -0.25) is 19.7 Å². The highest BCUT2D eigenvalue weighted by Crippen LogP contribution is 2.26. The van der Waals surface area contributed by atoms with E-state index < -0.39 is 17.9 Å². The van der Waals surface area contributed by atoms with Gasteiger partial charge in [-0.05, 0) is 65.6 Å². The van der Waals surface area contributed by atoms with E-state index >= 15 is 0 Å². The van der Waals surface area contributed by atoms with Crippen LogP contribution in [0.2, 0.25) is 0 Å². The molecule has 1 aliphatic rings. The summed E-state index contributed by atoms with van der Waals surface area (Å²) in [4.78, 5) is 38.9. The first kappa shape index (κ1) is 26.1. The van der Waals surface area contributed by atoms with Crippen molar-refractivity contribution in [3.63, 3.8) is 0 Å². The van der Waals surface area contributed by atoms with Crippen molar-refractivity contribution in [2.45, 2.75) is 52.7 Å². The van der Waals surface area contributed by atoms with E-state index in [1.54, 1.807) is 30.0 Å². The van der Waals surface area contributed by atoms with Crippen LogP contribution >= 0.6 is 28.1 Å². The predicted molar refractivity (Wildman–Crippen MR) is 129 cm³/mol. The Morgan fingerprint density at radius 1 is 1.34 bits per heavy atom. The summed E-state index contributed by atoms with van der Waals surface area (Å²) in [6.07, 6.45) is 0.289. The van der Waals surface area contributed by atoms with E-state index in [1.807, 2.05) is 6.92 Å².